The first-order valence-electron chi connectivity index (χ1n) is 6.28. The summed E-state index contributed by atoms with van der Waals surface area (Å²) < 4.78 is 0. The maximum Gasteiger partial charge on any atom is 0.252 e. The van der Waals surface area contributed by atoms with E-state index in [4.69, 9.17) is 0 Å². The number of nitrogens with zero attached hydrogens (tertiary/aromatic N) is 1. The van der Waals surface area contributed by atoms with Gasteiger partial charge in [-0.2, -0.15) is 0 Å². The van der Waals surface area contributed by atoms with Gasteiger partial charge in [-0.25, -0.2) is 4.98 Å². The first kappa shape index (κ1) is 13.8. The van der Waals surface area contributed by atoms with Crippen molar-refractivity contribution in [2.75, 3.05) is 18.4 Å². The number of aryl methyl sites for hydroxylation is 1. The second-order valence-corrected chi connectivity index (χ2v) is 4.35. The van der Waals surface area contributed by atoms with Crippen molar-refractivity contribution in [3.63, 3.8) is 0 Å². The number of amides is 1. The second-order valence-electron chi connectivity index (χ2n) is 4.35. The van der Waals surface area contributed by atoms with Crippen molar-refractivity contribution in [3.05, 3.63) is 58.1 Å². The van der Waals surface area contributed by atoms with E-state index in [-0.39, 0.29) is 11.5 Å². The molecule has 20 heavy (non-hydrogen) atoms. The molecular formula is C14H16N4O2. The number of hydrogen-bond donors (Lipinski definition) is 3. The number of carbonyl (C=O) groups is 1. The summed E-state index contributed by atoms with van der Waals surface area (Å²) in [6.45, 7) is 2.91. The molecule has 6 nitrogen and oxygen atoms in total. The van der Waals surface area contributed by atoms with E-state index in [1.54, 1.807) is 12.1 Å². The van der Waals surface area contributed by atoms with Crippen LogP contribution in [0.3, 0.4) is 0 Å². The summed E-state index contributed by atoms with van der Waals surface area (Å²) in [5, 5.41) is 5.74. The molecule has 0 spiro atoms. The fraction of sp³-hybridized carbons (Fsp3) is 0.214. The molecule has 6 heteroatoms. The third-order valence-corrected chi connectivity index (χ3v) is 2.71. The van der Waals surface area contributed by atoms with Crippen molar-refractivity contribution < 1.29 is 4.79 Å². The standard InChI is InChI=1S/C14H16N4O2/c1-10-2-4-11(5-3-10)14(20)16-7-6-15-12-8-13(19)18-9-17-12/h2-5,8-9H,6-7H2,1H3,(H,16,20)(H2,15,17,18,19). The Labute approximate surface area is 116 Å². The zero-order valence-electron chi connectivity index (χ0n) is 11.1. The minimum atomic E-state index is -0.216. The number of hydrogen-bond acceptors (Lipinski definition) is 4. The Kier molecular flexibility index (Phi) is 4.49. The maximum atomic E-state index is 11.8. The molecule has 0 unspecified atom stereocenters. The molecule has 3 N–H and O–H groups in total. The minimum absolute atomic E-state index is 0.120. The van der Waals surface area contributed by atoms with Gasteiger partial charge in [-0.05, 0) is 19.1 Å². The monoisotopic (exact) mass is 272 g/mol. The third-order valence-electron chi connectivity index (χ3n) is 2.71. The van der Waals surface area contributed by atoms with Gasteiger partial charge in [0, 0.05) is 24.7 Å². The molecule has 0 saturated heterocycles. The zero-order chi connectivity index (χ0) is 14.4. The van der Waals surface area contributed by atoms with E-state index in [1.165, 1.54) is 12.4 Å². The molecule has 0 bridgehead atoms. The Hall–Kier alpha value is -2.63. The lowest BCUT2D eigenvalue weighted by Gasteiger charge is -2.07. The van der Waals surface area contributed by atoms with E-state index in [2.05, 4.69) is 20.6 Å². The van der Waals surface area contributed by atoms with Crippen LogP contribution in [0.15, 0.2) is 41.5 Å². The summed E-state index contributed by atoms with van der Waals surface area (Å²) >= 11 is 0. The number of rotatable bonds is 5. The fourth-order valence-corrected chi connectivity index (χ4v) is 1.64. The number of anilines is 1. The quantitative estimate of drug-likeness (QED) is 0.706. The number of aromatic nitrogens is 2. The van der Waals surface area contributed by atoms with Crippen LogP contribution in [0.4, 0.5) is 5.82 Å². The minimum Gasteiger partial charge on any atom is -0.368 e. The first-order chi connectivity index (χ1) is 9.65. The Balaban J connectivity index is 1.77. The van der Waals surface area contributed by atoms with Gasteiger partial charge in [0.25, 0.3) is 11.5 Å². The van der Waals surface area contributed by atoms with Crippen molar-refractivity contribution in [1.82, 2.24) is 15.3 Å². The van der Waals surface area contributed by atoms with E-state index < -0.39 is 0 Å². The molecule has 1 aromatic carbocycles. The Morgan fingerprint density at radius 1 is 1.25 bits per heavy atom. The van der Waals surface area contributed by atoms with Gasteiger partial charge in [-0.15, -0.1) is 0 Å². The van der Waals surface area contributed by atoms with Gasteiger partial charge < -0.3 is 15.6 Å². The average molecular weight is 272 g/mol. The molecule has 0 aliphatic carbocycles. The highest BCUT2D eigenvalue weighted by Gasteiger charge is 2.03. The highest BCUT2D eigenvalue weighted by atomic mass is 16.1. The molecule has 0 saturated carbocycles. The van der Waals surface area contributed by atoms with Crippen LogP contribution < -0.4 is 16.2 Å². The van der Waals surface area contributed by atoms with Gasteiger partial charge in [0.15, 0.2) is 0 Å². The molecule has 0 radical (unpaired) electrons. The molecule has 104 valence electrons. The lowest BCUT2D eigenvalue weighted by molar-refractivity contribution is 0.0955. The molecule has 1 amide bonds. The molecule has 1 aromatic heterocycles. The number of aromatic amines is 1. The van der Waals surface area contributed by atoms with Crippen LogP contribution in [0.2, 0.25) is 0 Å². The molecule has 0 aliphatic heterocycles. The van der Waals surface area contributed by atoms with Crippen LogP contribution >= 0.6 is 0 Å². The largest absolute Gasteiger partial charge is 0.368 e. The maximum absolute atomic E-state index is 11.8. The van der Waals surface area contributed by atoms with Crippen molar-refractivity contribution in [2.45, 2.75) is 6.92 Å². The molecule has 0 fully saturated rings. The highest BCUT2D eigenvalue weighted by molar-refractivity contribution is 5.94. The van der Waals surface area contributed by atoms with Gasteiger partial charge in [-0.3, -0.25) is 9.59 Å². The summed E-state index contributed by atoms with van der Waals surface area (Å²) in [7, 11) is 0. The molecule has 1 heterocycles. The first-order valence-corrected chi connectivity index (χ1v) is 6.28. The van der Waals surface area contributed by atoms with Crippen LogP contribution in [0.1, 0.15) is 15.9 Å². The van der Waals surface area contributed by atoms with Crippen LogP contribution in [0, 0.1) is 6.92 Å². The Morgan fingerprint density at radius 2 is 2.00 bits per heavy atom. The summed E-state index contributed by atoms with van der Waals surface area (Å²) in [6.07, 6.45) is 1.33. The van der Waals surface area contributed by atoms with Gasteiger partial charge >= 0.3 is 0 Å². The molecular weight excluding hydrogens is 256 g/mol. The third kappa shape index (κ3) is 3.94. The molecule has 0 atom stereocenters. The topological polar surface area (TPSA) is 86.9 Å². The summed E-state index contributed by atoms with van der Waals surface area (Å²) in [5.74, 6) is 0.365. The number of carbonyl (C=O) groups excluding carboxylic acids is 1. The highest BCUT2D eigenvalue weighted by Crippen LogP contribution is 2.02. The Morgan fingerprint density at radius 3 is 2.70 bits per heavy atom. The summed E-state index contributed by atoms with van der Waals surface area (Å²) in [4.78, 5) is 29.2. The van der Waals surface area contributed by atoms with Crippen molar-refractivity contribution in [1.29, 1.82) is 0 Å². The van der Waals surface area contributed by atoms with E-state index in [0.29, 0.717) is 24.5 Å². The van der Waals surface area contributed by atoms with Gasteiger partial charge in [0.05, 0.1) is 6.33 Å². The number of H-pyrrole nitrogens is 1. The summed E-state index contributed by atoms with van der Waals surface area (Å²) in [6, 6.07) is 8.73. The average Bonchev–Trinajstić information content (AvgIpc) is 2.44. The van der Waals surface area contributed by atoms with Crippen molar-refractivity contribution in [3.8, 4) is 0 Å². The molecule has 0 aliphatic rings. The molecule has 2 aromatic rings. The smallest absolute Gasteiger partial charge is 0.252 e. The normalized spacial score (nSPS) is 10.1. The van der Waals surface area contributed by atoms with E-state index in [9.17, 15) is 9.59 Å². The van der Waals surface area contributed by atoms with Crippen molar-refractivity contribution >= 4 is 11.7 Å². The van der Waals surface area contributed by atoms with Crippen LogP contribution in [0.5, 0.6) is 0 Å². The molecule has 2 rings (SSSR count). The predicted octanol–water partition coefficient (Wildman–Crippen LogP) is 0.920. The van der Waals surface area contributed by atoms with E-state index in [0.717, 1.165) is 5.56 Å². The van der Waals surface area contributed by atoms with Crippen LogP contribution in [-0.2, 0) is 0 Å². The summed E-state index contributed by atoms with van der Waals surface area (Å²) in [5.41, 5.74) is 1.53. The van der Waals surface area contributed by atoms with Gasteiger partial charge in [0.1, 0.15) is 5.82 Å². The predicted molar refractivity (Wildman–Crippen MR) is 76.9 cm³/mol. The number of nitrogens with one attached hydrogen (secondary N) is 3. The van der Waals surface area contributed by atoms with Gasteiger partial charge in [-0.1, -0.05) is 17.7 Å². The van der Waals surface area contributed by atoms with E-state index >= 15 is 0 Å². The van der Waals surface area contributed by atoms with Crippen LogP contribution in [-0.4, -0.2) is 29.0 Å². The van der Waals surface area contributed by atoms with Crippen molar-refractivity contribution in [2.24, 2.45) is 0 Å². The zero-order valence-corrected chi connectivity index (χ0v) is 11.1. The van der Waals surface area contributed by atoms with E-state index in [1.807, 2.05) is 19.1 Å². The van der Waals surface area contributed by atoms with Gasteiger partial charge in [0.2, 0.25) is 0 Å². The SMILES string of the molecule is Cc1ccc(C(=O)NCCNc2cc(=O)[nH]cn2)cc1. The second kappa shape index (κ2) is 6.51. The van der Waals surface area contributed by atoms with Crippen LogP contribution in [0.25, 0.3) is 0 Å². The fourth-order valence-electron chi connectivity index (χ4n) is 1.64. The Bertz CT molecular complexity index is 634. The lowest BCUT2D eigenvalue weighted by Crippen LogP contribution is -2.29. The lowest BCUT2D eigenvalue weighted by atomic mass is 10.1. The number of benzene rings is 1.